The first-order chi connectivity index (χ1) is 11.2. The molecule has 4 aromatic rings. The van der Waals surface area contributed by atoms with Gasteiger partial charge >= 0.3 is 0 Å². The number of aliphatic hydroxyl groups is 1. The van der Waals surface area contributed by atoms with E-state index in [2.05, 4.69) is 6.07 Å². The molecule has 0 saturated heterocycles. The number of nitrogens with zero attached hydrogens (tertiary/aromatic N) is 2. The lowest BCUT2D eigenvalue weighted by Crippen LogP contribution is -2.04. The average Bonchev–Trinajstić information content (AvgIpc) is 2.85. The van der Waals surface area contributed by atoms with Crippen molar-refractivity contribution in [2.24, 2.45) is 7.05 Å². The molecular weight excluding hydrogens is 312 g/mol. The second-order valence-electron chi connectivity index (χ2n) is 5.45. The summed E-state index contributed by atoms with van der Waals surface area (Å²) in [6, 6.07) is 13.9. The van der Waals surface area contributed by atoms with Crippen LogP contribution >= 0.6 is 11.6 Å². The number of aromatic nitrogens is 2. The molecule has 0 aliphatic heterocycles. The predicted molar refractivity (Wildman–Crippen MR) is 93.3 cm³/mol. The lowest BCUT2D eigenvalue weighted by molar-refractivity contribution is 0.198. The van der Waals surface area contributed by atoms with Gasteiger partial charge < -0.3 is 14.4 Å². The quantitative estimate of drug-likeness (QED) is 0.621. The van der Waals surface area contributed by atoms with Gasteiger partial charge in [-0.3, -0.25) is 0 Å². The van der Waals surface area contributed by atoms with Gasteiger partial charge in [0.1, 0.15) is 12.3 Å². The summed E-state index contributed by atoms with van der Waals surface area (Å²) in [4.78, 5) is 4.69. The van der Waals surface area contributed by atoms with Crippen LogP contribution in [0.3, 0.4) is 0 Å². The van der Waals surface area contributed by atoms with Crippen LogP contribution in [0.15, 0.2) is 42.5 Å². The molecule has 4 rings (SSSR count). The van der Waals surface area contributed by atoms with Crippen molar-refractivity contribution in [1.82, 2.24) is 9.55 Å². The van der Waals surface area contributed by atoms with Crippen molar-refractivity contribution in [2.45, 2.75) is 0 Å². The van der Waals surface area contributed by atoms with E-state index in [1.165, 1.54) is 0 Å². The highest BCUT2D eigenvalue weighted by Gasteiger charge is 2.16. The van der Waals surface area contributed by atoms with Crippen molar-refractivity contribution in [3.05, 3.63) is 47.5 Å². The van der Waals surface area contributed by atoms with E-state index in [4.69, 9.17) is 26.4 Å². The summed E-state index contributed by atoms with van der Waals surface area (Å²) in [6.45, 7) is 0.178. The molecule has 2 aromatic carbocycles. The van der Waals surface area contributed by atoms with Gasteiger partial charge in [-0.2, -0.15) is 4.98 Å². The Morgan fingerprint density at radius 1 is 1.13 bits per heavy atom. The fourth-order valence-corrected chi connectivity index (χ4v) is 3.27. The van der Waals surface area contributed by atoms with Gasteiger partial charge in [-0.15, -0.1) is 0 Å². The van der Waals surface area contributed by atoms with Crippen molar-refractivity contribution in [3.63, 3.8) is 0 Å². The molecular formula is C18H15ClN2O2. The van der Waals surface area contributed by atoms with Crippen LogP contribution in [-0.2, 0) is 7.05 Å². The molecule has 0 unspecified atom stereocenters. The second kappa shape index (κ2) is 5.41. The summed E-state index contributed by atoms with van der Waals surface area (Å²) in [5, 5.41) is 13.9. The summed E-state index contributed by atoms with van der Waals surface area (Å²) in [5.74, 6) is 0.541. The zero-order valence-electron chi connectivity index (χ0n) is 12.6. The van der Waals surface area contributed by atoms with Crippen LogP contribution < -0.4 is 4.74 Å². The van der Waals surface area contributed by atoms with Gasteiger partial charge in [-0.1, -0.05) is 29.8 Å². The molecule has 0 aliphatic rings. The second-order valence-corrected chi connectivity index (χ2v) is 5.89. The first kappa shape index (κ1) is 14.3. The smallest absolute Gasteiger partial charge is 0.223 e. The Balaban J connectivity index is 2.19. The Morgan fingerprint density at radius 2 is 1.91 bits per heavy atom. The number of aliphatic hydroxyl groups excluding tert-OH is 1. The largest absolute Gasteiger partial charge is 0.475 e. The maximum absolute atomic E-state index is 9.04. The molecule has 0 saturated carbocycles. The fraction of sp³-hybridized carbons (Fsp3) is 0.167. The molecule has 1 N–H and O–H groups in total. The molecule has 5 heteroatoms. The van der Waals surface area contributed by atoms with E-state index in [0.29, 0.717) is 10.9 Å². The third-order valence-electron chi connectivity index (χ3n) is 4.09. The van der Waals surface area contributed by atoms with E-state index in [9.17, 15) is 0 Å². The van der Waals surface area contributed by atoms with Gasteiger partial charge in [0.05, 0.1) is 12.1 Å². The van der Waals surface area contributed by atoms with Crippen molar-refractivity contribution in [1.29, 1.82) is 0 Å². The minimum Gasteiger partial charge on any atom is -0.475 e. The molecule has 0 radical (unpaired) electrons. The average molecular weight is 327 g/mol. The van der Waals surface area contributed by atoms with Crippen molar-refractivity contribution >= 4 is 44.3 Å². The first-order valence-electron chi connectivity index (χ1n) is 7.41. The zero-order valence-corrected chi connectivity index (χ0v) is 13.3. The van der Waals surface area contributed by atoms with Crippen molar-refractivity contribution in [2.75, 3.05) is 13.2 Å². The summed E-state index contributed by atoms with van der Waals surface area (Å²) in [7, 11) is 1.98. The monoisotopic (exact) mass is 326 g/mol. The first-order valence-corrected chi connectivity index (χ1v) is 7.78. The number of ether oxygens (including phenoxy) is 1. The topological polar surface area (TPSA) is 47.3 Å². The maximum Gasteiger partial charge on any atom is 0.223 e. The predicted octanol–water partition coefficient (Wildman–Crippen LogP) is 3.90. The van der Waals surface area contributed by atoms with Crippen LogP contribution in [-0.4, -0.2) is 27.9 Å². The Hall–Kier alpha value is -2.30. The standard InChI is InChI=1S/C18H15ClN2O2/c1-21-15-7-6-11(19)10-14(15)16-12-4-2-3-5-13(12)18(20-17(16)21)23-9-8-22/h2-7,10,22H,8-9H2,1H3. The summed E-state index contributed by atoms with van der Waals surface area (Å²) >= 11 is 6.20. The van der Waals surface area contributed by atoms with E-state index in [1.54, 1.807) is 0 Å². The number of fused-ring (bicyclic) bond motifs is 5. The lowest BCUT2D eigenvalue weighted by Gasteiger charge is -2.09. The fourth-order valence-electron chi connectivity index (χ4n) is 3.10. The Labute approximate surface area is 137 Å². The minimum absolute atomic E-state index is 0.0429. The molecule has 0 fully saturated rings. The lowest BCUT2D eigenvalue weighted by atomic mass is 10.1. The molecule has 0 atom stereocenters. The van der Waals surface area contributed by atoms with Crippen LogP contribution in [0.1, 0.15) is 0 Å². The van der Waals surface area contributed by atoms with E-state index in [1.807, 2.05) is 48.0 Å². The van der Waals surface area contributed by atoms with Gasteiger partial charge in [0.15, 0.2) is 0 Å². The Morgan fingerprint density at radius 3 is 2.70 bits per heavy atom. The van der Waals surface area contributed by atoms with E-state index in [0.717, 1.165) is 32.7 Å². The molecule has 23 heavy (non-hydrogen) atoms. The van der Waals surface area contributed by atoms with Gasteiger partial charge in [0.2, 0.25) is 5.88 Å². The van der Waals surface area contributed by atoms with Crippen LogP contribution in [0.25, 0.3) is 32.7 Å². The van der Waals surface area contributed by atoms with Gasteiger partial charge in [0.25, 0.3) is 0 Å². The number of benzene rings is 2. The van der Waals surface area contributed by atoms with Gasteiger partial charge in [-0.05, 0) is 29.7 Å². The molecule has 0 spiro atoms. The normalized spacial score (nSPS) is 11.6. The highest BCUT2D eigenvalue weighted by molar-refractivity contribution is 6.32. The van der Waals surface area contributed by atoms with E-state index < -0.39 is 0 Å². The molecule has 4 nitrogen and oxygen atoms in total. The van der Waals surface area contributed by atoms with E-state index in [-0.39, 0.29) is 13.2 Å². The molecule has 0 aliphatic carbocycles. The van der Waals surface area contributed by atoms with Crippen LogP contribution in [0.4, 0.5) is 0 Å². The highest BCUT2D eigenvalue weighted by Crippen LogP contribution is 2.37. The SMILES string of the molecule is Cn1c2ccc(Cl)cc2c2c3ccccc3c(OCCO)nc21. The van der Waals surface area contributed by atoms with E-state index >= 15 is 0 Å². The van der Waals surface area contributed by atoms with Crippen LogP contribution in [0.2, 0.25) is 5.02 Å². The molecule has 2 aromatic heterocycles. The van der Waals surface area contributed by atoms with Gasteiger partial charge in [0, 0.05) is 28.2 Å². The number of halogens is 1. The van der Waals surface area contributed by atoms with Gasteiger partial charge in [-0.25, -0.2) is 0 Å². The third-order valence-corrected chi connectivity index (χ3v) is 4.33. The van der Waals surface area contributed by atoms with Crippen molar-refractivity contribution in [3.8, 4) is 5.88 Å². The Bertz CT molecular complexity index is 1040. The van der Waals surface area contributed by atoms with Crippen molar-refractivity contribution < 1.29 is 9.84 Å². The number of hydrogen-bond acceptors (Lipinski definition) is 3. The zero-order chi connectivity index (χ0) is 16.0. The summed E-state index contributed by atoms with van der Waals surface area (Å²) < 4.78 is 7.69. The minimum atomic E-state index is -0.0429. The maximum atomic E-state index is 9.04. The summed E-state index contributed by atoms with van der Waals surface area (Å²) in [5.41, 5.74) is 1.91. The molecule has 0 amide bonds. The molecule has 0 bridgehead atoms. The Kier molecular flexibility index (Phi) is 3.36. The van der Waals surface area contributed by atoms with Crippen LogP contribution in [0.5, 0.6) is 5.88 Å². The number of pyridine rings is 1. The molecule has 116 valence electrons. The molecule has 2 heterocycles. The summed E-state index contributed by atoms with van der Waals surface area (Å²) in [6.07, 6.45) is 0. The van der Waals surface area contributed by atoms with Crippen LogP contribution in [0, 0.1) is 0 Å². The third kappa shape index (κ3) is 2.14. The number of hydrogen-bond donors (Lipinski definition) is 1. The number of rotatable bonds is 3. The highest BCUT2D eigenvalue weighted by atomic mass is 35.5. The number of aryl methyl sites for hydroxylation is 1.